The Hall–Kier alpha value is -2.21. The van der Waals surface area contributed by atoms with Crippen LogP contribution in [0.2, 0.25) is 0 Å². The summed E-state index contributed by atoms with van der Waals surface area (Å²) in [6.45, 7) is 3.95. The maximum Gasteiger partial charge on any atom is 0.345 e. The van der Waals surface area contributed by atoms with Gasteiger partial charge in [-0.2, -0.15) is 0 Å². The van der Waals surface area contributed by atoms with E-state index in [4.69, 9.17) is 9.47 Å². The van der Waals surface area contributed by atoms with Crippen LogP contribution in [-0.2, 0) is 14.8 Å². The molecule has 0 radical (unpaired) electrons. The van der Waals surface area contributed by atoms with E-state index in [9.17, 15) is 17.6 Å². The van der Waals surface area contributed by atoms with Crippen LogP contribution >= 0.6 is 0 Å². The third-order valence-corrected chi connectivity index (χ3v) is 5.50. The van der Waals surface area contributed by atoms with E-state index in [1.807, 2.05) is 4.90 Å². The number of carbonyl (C=O) groups is 1. The van der Waals surface area contributed by atoms with Gasteiger partial charge in [-0.05, 0) is 18.2 Å². The molecular formula is C18H25FN4O5S. The van der Waals surface area contributed by atoms with Crippen LogP contribution in [0.15, 0.2) is 18.2 Å². The number of nitrogens with zero attached hydrogens (tertiary/aromatic N) is 2. The summed E-state index contributed by atoms with van der Waals surface area (Å²) in [5.41, 5.74) is 0.763. The van der Waals surface area contributed by atoms with Crippen LogP contribution in [0, 0.1) is 5.82 Å². The lowest BCUT2D eigenvalue weighted by molar-refractivity contribution is 0.00777. The van der Waals surface area contributed by atoms with Crippen molar-refractivity contribution in [2.45, 2.75) is 0 Å². The number of hydrogen-bond donors (Lipinski definition) is 2. The van der Waals surface area contributed by atoms with Gasteiger partial charge in [-0.3, -0.25) is 9.80 Å². The summed E-state index contributed by atoms with van der Waals surface area (Å²) in [6, 6.07) is 4.12. The quantitative estimate of drug-likeness (QED) is 0.594. The lowest BCUT2D eigenvalue weighted by atomic mass is 10.1. The van der Waals surface area contributed by atoms with Crippen molar-refractivity contribution in [3.63, 3.8) is 0 Å². The summed E-state index contributed by atoms with van der Waals surface area (Å²) in [7, 11) is -1.75. The maximum absolute atomic E-state index is 13.6. The zero-order chi connectivity index (χ0) is 21.0. The zero-order valence-electron chi connectivity index (χ0n) is 16.4. The molecule has 29 heavy (non-hydrogen) atoms. The Labute approximate surface area is 168 Å². The molecule has 0 atom stereocenters. The first kappa shape index (κ1) is 21.5. The van der Waals surface area contributed by atoms with Gasteiger partial charge in [0.15, 0.2) is 0 Å². The van der Waals surface area contributed by atoms with Crippen LogP contribution in [0.1, 0.15) is 10.4 Å². The summed E-state index contributed by atoms with van der Waals surface area (Å²) in [5, 5.41) is 0.412. The number of esters is 1. The van der Waals surface area contributed by atoms with Crippen molar-refractivity contribution in [1.29, 1.82) is 0 Å². The number of benzene rings is 1. The molecule has 160 valence electrons. The minimum atomic E-state index is -3.18. The molecule has 1 aromatic carbocycles. The molecule has 1 saturated heterocycles. The maximum atomic E-state index is 13.6. The molecule has 9 nitrogen and oxygen atoms in total. The minimum Gasteiger partial charge on any atom is -0.482 e. The highest BCUT2D eigenvalue weighted by Gasteiger charge is 2.23. The number of aromatic nitrogens is 1. The van der Waals surface area contributed by atoms with Crippen molar-refractivity contribution in [1.82, 2.24) is 19.5 Å². The Kier molecular flexibility index (Phi) is 6.73. The molecule has 2 heterocycles. The average Bonchev–Trinajstić information content (AvgIpc) is 3.04. The molecule has 11 heteroatoms. The molecule has 0 unspecified atom stereocenters. The largest absolute Gasteiger partial charge is 0.482 e. The van der Waals surface area contributed by atoms with E-state index in [1.54, 1.807) is 6.07 Å². The van der Waals surface area contributed by atoms with Crippen molar-refractivity contribution in [2.75, 3.05) is 59.4 Å². The monoisotopic (exact) mass is 428 g/mol. The number of sulfonamides is 1. The predicted octanol–water partition coefficient (Wildman–Crippen LogP) is 0.597. The predicted molar refractivity (Wildman–Crippen MR) is 106 cm³/mol. The van der Waals surface area contributed by atoms with Crippen molar-refractivity contribution in [3.05, 3.63) is 29.6 Å². The van der Waals surface area contributed by atoms with Crippen LogP contribution in [0.4, 0.5) is 4.39 Å². The second kappa shape index (κ2) is 9.08. The minimum absolute atomic E-state index is 0.111. The molecule has 1 fully saturated rings. The molecule has 2 N–H and O–H groups in total. The lowest BCUT2D eigenvalue weighted by Crippen LogP contribution is -2.49. The SMILES string of the molecule is COc1[nH]c2ccc(F)cc2c1C(=O)OCN1CCN(CCNS(C)(=O)=O)CC1. The summed E-state index contributed by atoms with van der Waals surface area (Å²) in [5.74, 6) is -0.799. The number of hydrogen-bond acceptors (Lipinski definition) is 7. The van der Waals surface area contributed by atoms with Crippen LogP contribution in [0.3, 0.4) is 0 Å². The number of nitrogens with one attached hydrogen (secondary N) is 2. The van der Waals surface area contributed by atoms with Crippen LogP contribution in [0.25, 0.3) is 10.9 Å². The fraction of sp³-hybridized carbons (Fsp3) is 0.500. The number of halogens is 1. The first-order valence-corrected chi connectivity index (χ1v) is 11.1. The number of H-pyrrole nitrogens is 1. The Morgan fingerprint density at radius 2 is 1.93 bits per heavy atom. The number of ether oxygens (including phenoxy) is 2. The van der Waals surface area contributed by atoms with E-state index in [2.05, 4.69) is 14.6 Å². The van der Waals surface area contributed by atoms with Crippen molar-refractivity contribution < 1.29 is 27.1 Å². The average molecular weight is 428 g/mol. The van der Waals surface area contributed by atoms with Gasteiger partial charge >= 0.3 is 5.97 Å². The fourth-order valence-corrected chi connectivity index (χ4v) is 3.71. The van der Waals surface area contributed by atoms with Gasteiger partial charge in [-0.1, -0.05) is 0 Å². The van der Waals surface area contributed by atoms with Gasteiger partial charge < -0.3 is 14.5 Å². The van der Waals surface area contributed by atoms with E-state index in [1.165, 1.54) is 19.2 Å². The molecule has 0 spiro atoms. The number of fused-ring (bicyclic) bond motifs is 1. The molecule has 0 aliphatic carbocycles. The number of rotatable bonds is 8. The van der Waals surface area contributed by atoms with Gasteiger partial charge in [0.1, 0.15) is 18.1 Å². The van der Waals surface area contributed by atoms with Gasteiger partial charge in [-0.15, -0.1) is 0 Å². The fourth-order valence-electron chi connectivity index (χ4n) is 3.25. The highest BCUT2D eigenvalue weighted by atomic mass is 32.2. The molecule has 1 aliphatic heterocycles. The number of methoxy groups -OCH3 is 1. The Morgan fingerprint density at radius 3 is 2.59 bits per heavy atom. The third kappa shape index (κ3) is 5.66. The van der Waals surface area contributed by atoms with Gasteiger partial charge in [0.25, 0.3) is 0 Å². The van der Waals surface area contributed by atoms with E-state index in [0.717, 1.165) is 19.3 Å². The van der Waals surface area contributed by atoms with Crippen molar-refractivity contribution >= 4 is 26.9 Å². The van der Waals surface area contributed by atoms with E-state index >= 15 is 0 Å². The first-order chi connectivity index (χ1) is 13.8. The van der Waals surface area contributed by atoms with Crippen molar-refractivity contribution in [3.8, 4) is 5.88 Å². The smallest absolute Gasteiger partial charge is 0.345 e. The summed E-state index contributed by atoms with van der Waals surface area (Å²) in [4.78, 5) is 19.7. The first-order valence-electron chi connectivity index (χ1n) is 9.18. The second-order valence-corrected chi connectivity index (χ2v) is 8.74. The van der Waals surface area contributed by atoms with Gasteiger partial charge in [-0.25, -0.2) is 22.3 Å². The van der Waals surface area contributed by atoms with Crippen LogP contribution in [-0.4, -0.2) is 88.5 Å². The summed E-state index contributed by atoms with van der Waals surface area (Å²) >= 11 is 0. The Morgan fingerprint density at radius 1 is 1.24 bits per heavy atom. The highest BCUT2D eigenvalue weighted by Crippen LogP contribution is 2.29. The topological polar surface area (TPSA) is 104 Å². The molecule has 0 saturated carbocycles. The van der Waals surface area contributed by atoms with Crippen molar-refractivity contribution in [2.24, 2.45) is 0 Å². The molecule has 2 aromatic rings. The van der Waals surface area contributed by atoms with Gasteiger partial charge in [0.2, 0.25) is 15.9 Å². The van der Waals surface area contributed by atoms with Gasteiger partial charge in [0.05, 0.1) is 13.4 Å². The number of piperazine rings is 1. The number of carbonyl (C=O) groups excluding carboxylic acids is 1. The summed E-state index contributed by atoms with van der Waals surface area (Å²) < 4.78 is 48.9. The Balaban J connectivity index is 1.52. The van der Waals surface area contributed by atoms with Gasteiger partial charge in [0, 0.05) is 50.2 Å². The molecule has 0 amide bonds. The van der Waals surface area contributed by atoms with E-state index in [-0.39, 0.29) is 18.2 Å². The summed E-state index contributed by atoms with van der Waals surface area (Å²) in [6.07, 6.45) is 1.14. The molecule has 1 aromatic heterocycles. The molecule has 0 bridgehead atoms. The lowest BCUT2D eigenvalue weighted by Gasteiger charge is -2.34. The zero-order valence-corrected chi connectivity index (χ0v) is 17.2. The molecular weight excluding hydrogens is 403 g/mol. The number of aromatic amines is 1. The molecule has 3 rings (SSSR count). The van der Waals surface area contributed by atoms with Crippen LogP contribution < -0.4 is 9.46 Å². The standard InChI is InChI=1S/C18H25FN4O5S/c1-27-17-16(14-11-13(19)3-4-15(14)21-17)18(24)28-12-23-9-7-22(8-10-23)6-5-20-29(2,25)26/h3-4,11,20-21H,5-10,12H2,1-2H3. The van der Waals surface area contributed by atoms with Crippen LogP contribution in [0.5, 0.6) is 5.88 Å². The second-order valence-electron chi connectivity index (χ2n) is 6.91. The Bertz CT molecular complexity index is 970. The van der Waals surface area contributed by atoms with E-state index < -0.39 is 21.8 Å². The normalized spacial score (nSPS) is 16.2. The molecule has 1 aliphatic rings. The highest BCUT2D eigenvalue weighted by molar-refractivity contribution is 7.88. The van der Waals surface area contributed by atoms with E-state index in [0.29, 0.717) is 37.1 Å². The third-order valence-electron chi connectivity index (χ3n) is 4.77.